The molecule has 0 fully saturated rings. The smallest absolute Gasteiger partial charge is 0.257 e. The Morgan fingerprint density at radius 3 is 2.30 bits per heavy atom. The van der Waals surface area contributed by atoms with Crippen molar-refractivity contribution in [3.05, 3.63) is 41.6 Å². The lowest BCUT2D eigenvalue weighted by molar-refractivity contribution is 0.322. The van der Waals surface area contributed by atoms with E-state index in [9.17, 15) is 8.42 Å². The van der Waals surface area contributed by atoms with Gasteiger partial charge in [-0.1, -0.05) is 32.9 Å². The number of aromatic nitrogens is 2. The van der Waals surface area contributed by atoms with Crippen LogP contribution in [-0.4, -0.2) is 25.3 Å². The molecule has 126 valence electrons. The number of nitrogens with zero attached hydrogens (tertiary/aromatic N) is 2. The molecule has 0 aliphatic rings. The molecule has 0 spiro atoms. The standard InChI is InChI=1S/C16H23N3O3S/c1-16(2,3)11-19-10-13(15(18-19)23(17,20)21)9-12-5-7-14(22-4)8-6-12/h5-8,10H,9,11H2,1-4H3,(H2,17,20,21). The second-order valence-electron chi connectivity index (χ2n) is 6.79. The highest BCUT2D eigenvalue weighted by molar-refractivity contribution is 7.89. The van der Waals surface area contributed by atoms with Crippen LogP contribution in [0.1, 0.15) is 31.9 Å². The van der Waals surface area contributed by atoms with Crippen LogP contribution in [0.5, 0.6) is 5.75 Å². The van der Waals surface area contributed by atoms with Gasteiger partial charge >= 0.3 is 0 Å². The Labute approximate surface area is 137 Å². The average Bonchev–Trinajstić information content (AvgIpc) is 2.80. The molecule has 2 rings (SSSR count). The molecule has 0 atom stereocenters. The Balaban J connectivity index is 2.35. The van der Waals surface area contributed by atoms with Gasteiger partial charge in [-0.2, -0.15) is 5.10 Å². The predicted molar refractivity (Wildman–Crippen MR) is 88.9 cm³/mol. The maximum absolute atomic E-state index is 11.8. The van der Waals surface area contributed by atoms with E-state index in [-0.39, 0.29) is 10.4 Å². The molecule has 0 bridgehead atoms. The van der Waals surface area contributed by atoms with E-state index in [2.05, 4.69) is 25.9 Å². The fourth-order valence-corrected chi connectivity index (χ4v) is 3.05. The molecule has 0 amide bonds. The quantitative estimate of drug-likeness (QED) is 0.906. The van der Waals surface area contributed by atoms with Gasteiger partial charge in [-0.25, -0.2) is 13.6 Å². The lowest BCUT2D eigenvalue weighted by atomic mass is 9.97. The monoisotopic (exact) mass is 337 g/mol. The van der Waals surface area contributed by atoms with E-state index in [0.717, 1.165) is 11.3 Å². The number of ether oxygens (including phenoxy) is 1. The predicted octanol–water partition coefficient (Wildman–Crippen LogP) is 2.18. The molecule has 1 aromatic carbocycles. The minimum absolute atomic E-state index is 0.0148. The number of benzene rings is 1. The van der Waals surface area contributed by atoms with Gasteiger partial charge in [0.2, 0.25) is 0 Å². The van der Waals surface area contributed by atoms with Gasteiger partial charge in [-0.05, 0) is 23.1 Å². The zero-order valence-electron chi connectivity index (χ0n) is 13.9. The van der Waals surface area contributed by atoms with Crippen LogP contribution in [0.4, 0.5) is 0 Å². The molecular weight excluding hydrogens is 314 g/mol. The van der Waals surface area contributed by atoms with E-state index in [1.54, 1.807) is 18.0 Å². The molecule has 23 heavy (non-hydrogen) atoms. The first kappa shape index (κ1) is 17.5. The molecule has 7 heteroatoms. The van der Waals surface area contributed by atoms with E-state index in [0.29, 0.717) is 18.5 Å². The molecule has 1 aromatic heterocycles. The first-order chi connectivity index (χ1) is 10.6. The third kappa shape index (κ3) is 4.80. The second-order valence-corrected chi connectivity index (χ2v) is 8.26. The van der Waals surface area contributed by atoms with Crippen LogP contribution in [0.25, 0.3) is 0 Å². The molecule has 0 saturated heterocycles. The van der Waals surface area contributed by atoms with Crippen molar-refractivity contribution in [2.24, 2.45) is 10.6 Å². The minimum atomic E-state index is -3.86. The van der Waals surface area contributed by atoms with Crippen LogP contribution in [0.15, 0.2) is 35.5 Å². The molecule has 2 N–H and O–H groups in total. The zero-order chi connectivity index (χ0) is 17.3. The number of nitrogens with two attached hydrogens (primary N) is 1. The molecule has 2 aromatic rings. The van der Waals surface area contributed by atoms with E-state index in [4.69, 9.17) is 9.88 Å². The van der Waals surface area contributed by atoms with Crippen molar-refractivity contribution in [2.45, 2.75) is 38.8 Å². The van der Waals surface area contributed by atoms with Crippen molar-refractivity contribution < 1.29 is 13.2 Å². The number of hydrogen-bond donors (Lipinski definition) is 1. The number of methoxy groups -OCH3 is 1. The van der Waals surface area contributed by atoms with Gasteiger partial charge in [0.15, 0.2) is 5.03 Å². The number of sulfonamides is 1. The van der Waals surface area contributed by atoms with Gasteiger partial charge in [-0.15, -0.1) is 0 Å². The molecule has 1 heterocycles. The Morgan fingerprint density at radius 1 is 1.22 bits per heavy atom. The number of primary sulfonamides is 1. The van der Waals surface area contributed by atoms with Gasteiger partial charge in [0.25, 0.3) is 10.0 Å². The lowest BCUT2D eigenvalue weighted by Crippen LogP contribution is -2.18. The van der Waals surface area contributed by atoms with Gasteiger partial charge in [0, 0.05) is 24.7 Å². The maximum Gasteiger partial charge on any atom is 0.257 e. The number of rotatable bonds is 5. The van der Waals surface area contributed by atoms with Crippen molar-refractivity contribution in [3.8, 4) is 5.75 Å². The minimum Gasteiger partial charge on any atom is -0.497 e. The lowest BCUT2D eigenvalue weighted by Gasteiger charge is -2.17. The SMILES string of the molecule is COc1ccc(Cc2cn(CC(C)(C)C)nc2S(N)(=O)=O)cc1. The number of hydrogen-bond acceptors (Lipinski definition) is 4. The van der Waals surface area contributed by atoms with Crippen molar-refractivity contribution in [2.75, 3.05) is 7.11 Å². The van der Waals surface area contributed by atoms with Crippen LogP contribution in [0, 0.1) is 5.41 Å². The summed E-state index contributed by atoms with van der Waals surface area (Å²) in [5.41, 5.74) is 1.55. The molecule has 0 saturated carbocycles. The average molecular weight is 337 g/mol. The Bertz CT molecular complexity index is 772. The van der Waals surface area contributed by atoms with E-state index in [1.807, 2.05) is 24.3 Å². The molecule has 0 aliphatic heterocycles. The van der Waals surface area contributed by atoms with E-state index >= 15 is 0 Å². The summed E-state index contributed by atoms with van der Waals surface area (Å²) in [6, 6.07) is 7.47. The van der Waals surface area contributed by atoms with Gasteiger partial charge in [-0.3, -0.25) is 4.68 Å². The summed E-state index contributed by atoms with van der Waals surface area (Å²) < 4.78 is 30.4. The highest BCUT2D eigenvalue weighted by Crippen LogP contribution is 2.22. The largest absolute Gasteiger partial charge is 0.497 e. The van der Waals surface area contributed by atoms with E-state index in [1.165, 1.54) is 0 Å². The molecule has 0 unspecified atom stereocenters. The fourth-order valence-electron chi connectivity index (χ4n) is 2.34. The normalized spacial score (nSPS) is 12.4. The first-order valence-electron chi connectivity index (χ1n) is 7.30. The Morgan fingerprint density at radius 2 is 1.83 bits per heavy atom. The van der Waals surface area contributed by atoms with Gasteiger partial charge < -0.3 is 4.74 Å². The molecule has 6 nitrogen and oxygen atoms in total. The van der Waals surface area contributed by atoms with Crippen LogP contribution < -0.4 is 9.88 Å². The zero-order valence-corrected chi connectivity index (χ0v) is 14.7. The highest BCUT2D eigenvalue weighted by Gasteiger charge is 2.21. The summed E-state index contributed by atoms with van der Waals surface area (Å²) in [6.07, 6.45) is 2.20. The summed E-state index contributed by atoms with van der Waals surface area (Å²) >= 11 is 0. The third-order valence-electron chi connectivity index (χ3n) is 3.26. The van der Waals surface area contributed by atoms with Crippen LogP contribution in [0.3, 0.4) is 0 Å². The third-order valence-corrected chi connectivity index (χ3v) is 4.14. The first-order valence-corrected chi connectivity index (χ1v) is 8.85. The Kier molecular flexibility index (Phi) is 4.81. The highest BCUT2D eigenvalue weighted by atomic mass is 32.2. The molecular formula is C16H23N3O3S. The van der Waals surface area contributed by atoms with Crippen LogP contribution in [-0.2, 0) is 23.0 Å². The van der Waals surface area contributed by atoms with Crippen molar-refractivity contribution >= 4 is 10.0 Å². The summed E-state index contributed by atoms with van der Waals surface area (Å²) in [5.74, 6) is 0.754. The van der Waals surface area contributed by atoms with Gasteiger partial charge in [0.1, 0.15) is 5.75 Å². The summed E-state index contributed by atoms with van der Waals surface area (Å²) in [7, 11) is -2.26. The summed E-state index contributed by atoms with van der Waals surface area (Å²) in [5, 5.41) is 9.43. The topological polar surface area (TPSA) is 87.2 Å². The summed E-state index contributed by atoms with van der Waals surface area (Å²) in [6.45, 7) is 6.80. The van der Waals surface area contributed by atoms with Crippen LogP contribution >= 0.6 is 0 Å². The molecule has 0 radical (unpaired) electrons. The summed E-state index contributed by atoms with van der Waals surface area (Å²) in [4.78, 5) is 0. The van der Waals surface area contributed by atoms with Crippen molar-refractivity contribution in [3.63, 3.8) is 0 Å². The van der Waals surface area contributed by atoms with E-state index < -0.39 is 10.0 Å². The fraction of sp³-hybridized carbons (Fsp3) is 0.438. The Hall–Kier alpha value is -1.86. The van der Waals surface area contributed by atoms with Crippen molar-refractivity contribution in [1.82, 2.24) is 9.78 Å². The maximum atomic E-state index is 11.8. The van der Waals surface area contributed by atoms with Gasteiger partial charge in [0.05, 0.1) is 7.11 Å². The van der Waals surface area contributed by atoms with Crippen molar-refractivity contribution in [1.29, 1.82) is 0 Å². The second kappa shape index (κ2) is 6.33. The van der Waals surface area contributed by atoms with Crippen LogP contribution in [0.2, 0.25) is 0 Å². The molecule has 0 aliphatic carbocycles.